The highest BCUT2D eigenvalue weighted by molar-refractivity contribution is 7.90. The molecule has 8 heteroatoms. The fraction of sp³-hybridized carbons (Fsp3) is 0.375. The molecular weight excluding hydrogens is 428 g/mol. The van der Waals surface area contributed by atoms with E-state index >= 15 is 0 Å². The first kappa shape index (κ1) is 23.7. The van der Waals surface area contributed by atoms with Crippen molar-refractivity contribution in [3.8, 4) is 0 Å². The SMILES string of the molecule is Cc1cc(C)c(C(=O)COC(=O)CCCCCN=C2NS(=O)(=O)c3ccccc32)c(C)c1. The monoisotopic (exact) mass is 456 g/mol. The van der Waals surface area contributed by atoms with Gasteiger partial charge in [0.2, 0.25) is 5.78 Å². The number of hydrogen-bond acceptors (Lipinski definition) is 6. The van der Waals surface area contributed by atoms with Gasteiger partial charge in [-0.15, -0.1) is 0 Å². The number of nitrogens with one attached hydrogen (secondary N) is 1. The van der Waals surface area contributed by atoms with E-state index in [9.17, 15) is 18.0 Å². The van der Waals surface area contributed by atoms with E-state index in [1.807, 2.05) is 32.9 Å². The van der Waals surface area contributed by atoms with Crippen LogP contribution in [0.5, 0.6) is 0 Å². The van der Waals surface area contributed by atoms with Crippen molar-refractivity contribution >= 4 is 27.6 Å². The van der Waals surface area contributed by atoms with E-state index in [1.165, 1.54) is 0 Å². The summed E-state index contributed by atoms with van der Waals surface area (Å²) in [6.45, 7) is 5.94. The van der Waals surface area contributed by atoms with E-state index in [0.29, 0.717) is 36.3 Å². The first-order valence-electron chi connectivity index (χ1n) is 10.6. The summed E-state index contributed by atoms with van der Waals surface area (Å²) in [6.07, 6.45) is 2.29. The van der Waals surface area contributed by atoms with Gasteiger partial charge in [-0.2, -0.15) is 0 Å². The van der Waals surface area contributed by atoms with Gasteiger partial charge >= 0.3 is 5.97 Å². The van der Waals surface area contributed by atoms with Crippen LogP contribution < -0.4 is 4.72 Å². The van der Waals surface area contributed by atoms with Gasteiger partial charge in [0.25, 0.3) is 10.0 Å². The quantitative estimate of drug-likeness (QED) is 0.353. The maximum atomic E-state index is 12.4. The van der Waals surface area contributed by atoms with E-state index in [1.54, 1.807) is 24.3 Å². The summed E-state index contributed by atoms with van der Waals surface area (Å²) in [5.41, 5.74) is 4.06. The van der Waals surface area contributed by atoms with Gasteiger partial charge in [0.15, 0.2) is 6.61 Å². The number of rotatable bonds is 9. The molecule has 1 N–H and O–H groups in total. The number of ketones is 1. The summed E-state index contributed by atoms with van der Waals surface area (Å²) in [4.78, 5) is 29.0. The number of nitrogens with zero attached hydrogens (tertiary/aromatic N) is 1. The van der Waals surface area contributed by atoms with Gasteiger partial charge < -0.3 is 4.74 Å². The number of aryl methyl sites for hydroxylation is 3. The third kappa shape index (κ3) is 5.62. The molecule has 7 nitrogen and oxygen atoms in total. The molecule has 1 aliphatic rings. The zero-order chi connectivity index (χ0) is 23.3. The second-order valence-corrected chi connectivity index (χ2v) is 9.65. The molecule has 0 bridgehead atoms. The highest BCUT2D eigenvalue weighted by Crippen LogP contribution is 2.22. The number of carbonyl (C=O) groups excluding carboxylic acids is 2. The van der Waals surface area contributed by atoms with Gasteiger partial charge in [-0.25, -0.2) is 8.42 Å². The van der Waals surface area contributed by atoms with Gasteiger partial charge in [0, 0.05) is 24.1 Å². The van der Waals surface area contributed by atoms with Crippen LogP contribution in [0.1, 0.15) is 58.3 Å². The lowest BCUT2D eigenvalue weighted by molar-refractivity contribution is -0.142. The number of carbonyl (C=O) groups is 2. The fourth-order valence-electron chi connectivity index (χ4n) is 3.91. The highest BCUT2D eigenvalue weighted by atomic mass is 32.2. The predicted octanol–water partition coefficient (Wildman–Crippen LogP) is 3.64. The minimum absolute atomic E-state index is 0.191. The summed E-state index contributed by atoms with van der Waals surface area (Å²) in [5.74, 6) is -0.228. The van der Waals surface area contributed by atoms with Gasteiger partial charge in [-0.05, 0) is 56.9 Å². The van der Waals surface area contributed by atoms with Gasteiger partial charge in [0.1, 0.15) is 5.84 Å². The Hall–Kier alpha value is -3.00. The Morgan fingerprint density at radius 2 is 1.69 bits per heavy atom. The molecule has 1 heterocycles. The standard InChI is InChI=1S/C24H28N2O5S/c1-16-13-17(2)23(18(3)14-16)20(27)15-31-22(28)11-5-4-8-12-25-24-19-9-6-7-10-21(19)32(29,30)26-24/h6-7,9-10,13-14H,4-5,8,11-12,15H2,1-3H3,(H,25,26). The Labute approximate surface area is 189 Å². The van der Waals surface area contributed by atoms with Crippen LogP contribution in [-0.4, -0.2) is 39.2 Å². The number of fused-ring (bicyclic) bond motifs is 1. The van der Waals surface area contributed by atoms with Crippen LogP contribution in [0.3, 0.4) is 0 Å². The molecule has 1 aliphatic heterocycles. The second kappa shape index (κ2) is 10.1. The summed E-state index contributed by atoms with van der Waals surface area (Å²) in [6, 6.07) is 10.6. The number of hydrogen-bond donors (Lipinski definition) is 1. The third-order valence-electron chi connectivity index (χ3n) is 5.29. The van der Waals surface area contributed by atoms with E-state index in [-0.39, 0.29) is 23.7 Å². The molecular formula is C24H28N2O5S. The lowest BCUT2D eigenvalue weighted by Crippen LogP contribution is -2.22. The number of esters is 1. The number of benzene rings is 2. The molecule has 0 fully saturated rings. The molecule has 0 aromatic heterocycles. The van der Waals surface area contributed by atoms with Gasteiger partial charge in [0.05, 0.1) is 4.90 Å². The van der Waals surface area contributed by atoms with Crippen molar-refractivity contribution < 1.29 is 22.7 Å². The molecule has 3 rings (SSSR count). The first-order chi connectivity index (χ1) is 15.2. The van der Waals surface area contributed by atoms with Crippen molar-refractivity contribution in [2.45, 2.75) is 51.3 Å². The largest absolute Gasteiger partial charge is 0.457 e. The number of ether oxygens (including phenoxy) is 1. The molecule has 0 aliphatic carbocycles. The molecule has 32 heavy (non-hydrogen) atoms. The normalized spacial score (nSPS) is 15.3. The molecule has 0 saturated heterocycles. The van der Waals surface area contributed by atoms with Crippen molar-refractivity contribution in [1.29, 1.82) is 0 Å². The van der Waals surface area contributed by atoms with Crippen molar-refractivity contribution in [3.63, 3.8) is 0 Å². The third-order valence-corrected chi connectivity index (χ3v) is 6.69. The number of Topliss-reactive ketones (excluding diaryl/α,β-unsaturated/α-hetero) is 1. The lowest BCUT2D eigenvalue weighted by Gasteiger charge is -2.10. The van der Waals surface area contributed by atoms with Crippen molar-refractivity contribution in [3.05, 3.63) is 64.2 Å². The van der Waals surface area contributed by atoms with Crippen molar-refractivity contribution in [2.75, 3.05) is 13.2 Å². The summed E-state index contributed by atoms with van der Waals surface area (Å²) >= 11 is 0. The topological polar surface area (TPSA) is 102 Å². The van der Waals surface area contributed by atoms with Crippen LogP contribution in [0.4, 0.5) is 0 Å². The van der Waals surface area contributed by atoms with Crippen LogP contribution in [0, 0.1) is 20.8 Å². The molecule has 0 unspecified atom stereocenters. The lowest BCUT2D eigenvalue weighted by atomic mass is 9.97. The molecule has 170 valence electrons. The van der Waals surface area contributed by atoms with Crippen LogP contribution in [0.25, 0.3) is 0 Å². The zero-order valence-corrected chi connectivity index (χ0v) is 19.4. The Morgan fingerprint density at radius 3 is 2.41 bits per heavy atom. The van der Waals surface area contributed by atoms with E-state index < -0.39 is 16.0 Å². The minimum Gasteiger partial charge on any atom is -0.457 e. The average Bonchev–Trinajstić information content (AvgIpc) is 2.98. The zero-order valence-electron chi connectivity index (χ0n) is 18.6. The number of sulfonamides is 1. The molecule has 2 aromatic carbocycles. The van der Waals surface area contributed by atoms with Gasteiger partial charge in [-0.3, -0.25) is 19.3 Å². The summed E-state index contributed by atoms with van der Waals surface area (Å²) in [7, 11) is -3.52. The Kier molecular flexibility index (Phi) is 7.45. The van der Waals surface area contributed by atoms with E-state index in [4.69, 9.17) is 4.74 Å². The average molecular weight is 457 g/mol. The summed E-state index contributed by atoms with van der Waals surface area (Å²) < 4.78 is 31.7. The Morgan fingerprint density at radius 1 is 1.00 bits per heavy atom. The maximum absolute atomic E-state index is 12.4. The summed E-state index contributed by atoms with van der Waals surface area (Å²) in [5, 5.41) is 0. The minimum atomic E-state index is -3.52. The van der Waals surface area contributed by atoms with Gasteiger partial charge in [-0.1, -0.05) is 36.2 Å². The van der Waals surface area contributed by atoms with E-state index in [0.717, 1.165) is 23.1 Å². The predicted molar refractivity (Wildman–Crippen MR) is 123 cm³/mol. The van der Waals surface area contributed by atoms with Crippen LogP contribution >= 0.6 is 0 Å². The number of amidine groups is 1. The highest BCUT2D eigenvalue weighted by Gasteiger charge is 2.29. The van der Waals surface area contributed by atoms with Crippen LogP contribution in [0.15, 0.2) is 46.3 Å². The fourth-order valence-corrected chi connectivity index (χ4v) is 5.16. The molecule has 0 atom stereocenters. The first-order valence-corrected chi connectivity index (χ1v) is 12.1. The molecule has 0 saturated carbocycles. The van der Waals surface area contributed by atoms with Crippen LogP contribution in [-0.2, 0) is 19.6 Å². The van der Waals surface area contributed by atoms with Crippen LogP contribution in [0.2, 0.25) is 0 Å². The van der Waals surface area contributed by atoms with Crippen molar-refractivity contribution in [2.24, 2.45) is 4.99 Å². The van der Waals surface area contributed by atoms with Crippen molar-refractivity contribution in [1.82, 2.24) is 4.72 Å². The number of unbranched alkanes of at least 4 members (excludes halogenated alkanes) is 2. The smallest absolute Gasteiger partial charge is 0.306 e. The second-order valence-electron chi connectivity index (χ2n) is 8.00. The molecule has 0 spiro atoms. The molecule has 2 aromatic rings. The maximum Gasteiger partial charge on any atom is 0.306 e. The van der Waals surface area contributed by atoms with E-state index in [2.05, 4.69) is 9.71 Å². The molecule has 0 amide bonds. The Balaban J connectivity index is 1.38. The number of aliphatic imine (C=N–C) groups is 1. The molecule has 0 radical (unpaired) electrons. The Bertz CT molecular complexity index is 1150.